The predicted molar refractivity (Wildman–Crippen MR) is 119 cm³/mol. The highest BCUT2D eigenvalue weighted by atomic mass is 32.1. The third-order valence-electron chi connectivity index (χ3n) is 5.56. The Morgan fingerprint density at radius 1 is 1.16 bits per heavy atom. The van der Waals surface area contributed by atoms with Gasteiger partial charge in [-0.2, -0.15) is 0 Å². The topological polar surface area (TPSA) is 83.1 Å². The molecule has 1 saturated heterocycles. The van der Waals surface area contributed by atoms with Gasteiger partial charge in [-0.15, -0.1) is 11.3 Å². The monoisotopic (exact) mass is 442 g/mol. The van der Waals surface area contributed by atoms with Gasteiger partial charge in [-0.05, 0) is 23.6 Å². The van der Waals surface area contributed by atoms with Crippen LogP contribution >= 0.6 is 11.3 Å². The Balaban J connectivity index is 1.50. The fourth-order valence-corrected chi connectivity index (χ4v) is 4.74. The minimum Gasteiger partial charge on any atom is -0.497 e. The molecule has 164 valence electrons. The highest BCUT2D eigenvalue weighted by Crippen LogP contribution is 2.31. The second kappa shape index (κ2) is 9.40. The van der Waals surface area contributed by atoms with E-state index in [0.29, 0.717) is 17.8 Å². The van der Waals surface area contributed by atoms with E-state index >= 15 is 0 Å². The maximum Gasteiger partial charge on any atom is 0.338 e. The summed E-state index contributed by atoms with van der Waals surface area (Å²) < 4.78 is 10.4. The molecule has 0 unspecified atom stereocenters. The SMILES string of the molecule is COC(=O)C1=C(CN2CCN(c3cccc(OC)c3)CC2)NC(=O)N[C@@H]1c1cccs1. The first kappa shape index (κ1) is 21.2. The number of urea groups is 1. The molecule has 8 nitrogen and oxygen atoms in total. The molecule has 0 aliphatic carbocycles. The number of nitrogens with one attached hydrogen (secondary N) is 2. The molecule has 0 radical (unpaired) electrons. The molecule has 1 atom stereocenters. The van der Waals surface area contributed by atoms with Gasteiger partial charge in [-0.3, -0.25) is 4.90 Å². The number of hydrogen-bond acceptors (Lipinski definition) is 7. The molecule has 9 heteroatoms. The minimum atomic E-state index is -0.505. The third kappa shape index (κ3) is 4.67. The van der Waals surface area contributed by atoms with Crippen molar-refractivity contribution >= 4 is 29.0 Å². The molecule has 0 spiro atoms. The Hall–Kier alpha value is -3.04. The van der Waals surface area contributed by atoms with Gasteiger partial charge in [0, 0.05) is 55.1 Å². The number of rotatable bonds is 6. The van der Waals surface area contributed by atoms with Crippen molar-refractivity contribution in [3.63, 3.8) is 0 Å². The number of benzene rings is 1. The van der Waals surface area contributed by atoms with Gasteiger partial charge in [0.05, 0.1) is 25.8 Å². The van der Waals surface area contributed by atoms with Gasteiger partial charge < -0.3 is 25.0 Å². The first-order valence-electron chi connectivity index (χ1n) is 10.1. The molecule has 1 aromatic heterocycles. The smallest absolute Gasteiger partial charge is 0.338 e. The number of ether oxygens (including phenoxy) is 2. The van der Waals surface area contributed by atoms with E-state index in [4.69, 9.17) is 9.47 Å². The maximum atomic E-state index is 12.6. The van der Waals surface area contributed by atoms with E-state index in [0.717, 1.165) is 42.5 Å². The second-order valence-corrected chi connectivity index (χ2v) is 8.37. The zero-order chi connectivity index (χ0) is 21.8. The van der Waals surface area contributed by atoms with E-state index in [9.17, 15) is 9.59 Å². The van der Waals surface area contributed by atoms with Crippen LogP contribution in [0, 0.1) is 0 Å². The van der Waals surface area contributed by atoms with Gasteiger partial charge >= 0.3 is 12.0 Å². The highest BCUT2D eigenvalue weighted by Gasteiger charge is 2.35. The van der Waals surface area contributed by atoms with Crippen LogP contribution in [0.1, 0.15) is 10.9 Å². The van der Waals surface area contributed by atoms with Crippen LogP contribution in [0.2, 0.25) is 0 Å². The molecule has 2 N–H and O–H groups in total. The van der Waals surface area contributed by atoms with Crippen LogP contribution in [0.15, 0.2) is 53.0 Å². The number of nitrogens with zero attached hydrogens (tertiary/aromatic N) is 2. The molecule has 1 aromatic carbocycles. The van der Waals surface area contributed by atoms with Crippen molar-refractivity contribution in [2.45, 2.75) is 6.04 Å². The quantitative estimate of drug-likeness (QED) is 0.669. The van der Waals surface area contributed by atoms with Crippen LogP contribution in [-0.4, -0.2) is 63.8 Å². The number of amides is 2. The number of carbonyl (C=O) groups excluding carboxylic acids is 2. The molecular weight excluding hydrogens is 416 g/mol. The zero-order valence-electron chi connectivity index (χ0n) is 17.6. The lowest BCUT2D eigenvalue weighted by atomic mass is 10.0. The minimum absolute atomic E-state index is 0.309. The van der Waals surface area contributed by atoms with Gasteiger partial charge in [0.15, 0.2) is 0 Å². The molecule has 3 heterocycles. The van der Waals surface area contributed by atoms with Crippen molar-refractivity contribution in [3.05, 3.63) is 57.9 Å². The summed E-state index contributed by atoms with van der Waals surface area (Å²) in [5.74, 6) is 0.403. The Labute approximate surface area is 185 Å². The lowest BCUT2D eigenvalue weighted by molar-refractivity contribution is -0.136. The number of carbonyl (C=O) groups is 2. The lowest BCUT2D eigenvalue weighted by Gasteiger charge is -2.37. The molecule has 0 saturated carbocycles. The molecule has 2 aromatic rings. The van der Waals surface area contributed by atoms with Crippen LogP contribution in [0.5, 0.6) is 5.75 Å². The van der Waals surface area contributed by atoms with Crippen molar-refractivity contribution in [1.29, 1.82) is 0 Å². The average Bonchev–Trinajstić information content (AvgIpc) is 3.34. The lowest BCUT2D eigenvalue weighted by Crippen LogP contribution is -2.51. The van der Waals surface area contributed by atoms with Gasteiger partial charge in [-0.25, -0.2) is 9.59 Å². The standard InChI is InChI=1S/C22H26N4O4S/c1-29-16-6-3-5-15(13-16)26-10-8-25(9-11-26)14-17-19(21(27)30-2)20(24-22(28)23-17)18-7-4-12-31-18/h3-7,12-13,20H,8-11,14H2,1-2H3,(H2,23,24,28)/t20-/m1/s1. The van der Waals surface area contributed by atoms with E-state index in [1.54, 1.807) is 7.11 Å². The van der Waals surface area contributed by atoms with Gasteiger partial charge in [0.1, 0.15) is 5.75 Å². The summed E-state index contributed by atoms with van der Waals surface area (Å²) >= 11 is 1.50. The van der Waals surface area contributed by atoms with Gasteiger partial charge in [0.25, 0.3) is 0 Å². The van der Waals surface area contributed by atoms with E-state index in [-0.39, 0.29) is 6.03 Å². The number of methoxy groups -OCH3 is 2. The molecular formula is C22H26N4O4S. The third-order valence-corrected chi connectivity index (χ3v) is 6.50. The summed E-state index contributed by atoms with van der Waals surface area (Å²) in [4.78, 5) is 30.4. The highest BCUT2D eigenvalue weighted by molar-refractivity contribution is 7.10. The molecule has 1 fully saturated rings. The predicted octanol–water partition coefficient (Wildman–Crippen LogP) is 2.36. The van der Waals surface area contributed by atoms with Crippen LogP contribution in [0.4, 0.5) is 10.5 Å². The molecule has 4 rings (SSSR count). The number of piperazine rings is 1. The number of hydrogen-bond donors (Lipinski definition) is 2. The Morgan fingerprint density at radius 3 is 2.65 bits per heavy atom. The fourth-order valence-electron chi connectivity index (χ4n) is 3.96. The Kier molecular flexibility index (Phi) is 6.43. The summed E-state index contributed by atoms with van der Waals surface area (Å²) in [7, 11) is 3.03. The van der Waals surface area contributed by atoms with Gasteiger partial charge in [0.2, 0.25) is 0 Å². The van der Waals surface area contributed by atoms with E-state index in [1.807, 2.05) is 35.7 Å². The first-order chi connectivity index (χ1) is 15.1. The number of thiophene rings is 1. The number of anilines is 1. The maximum absolute atomic E-state index is 12.6. The number of esters is 1. The largest absolute Gasteiger partial charge is 0.497 e. The Morgan fingerprint density at radius 2 is 1.97 bits per heavy atom. The van der Waals surface area contributed by atoms with Gasteiger partial charge in [-0.1, -0.05) is 12.1 Å². The van der Waals surface area contributed by atoms with E-state index in [2.05, 4.69) is 26.5 Å². The second-order valence-electron chi connectivity index (χ2n) is 7.40. The summed E-state index contributed by atoms with van der Waals surface area (Å²) in [6.07, 6.45) is 0. The van der Waals surface area contributed by atoms with Crippen LogP contribution in [0.25, 0.3) is 0 Å². The van der Waals surface area contributed by atoms with E-state index < -0.39 is 12.0 Å². The molecule has 2 amide bonds. The zero-order valence-corrected chi connectivity index (χ0v) is 18.4. The van der Waals surface area contributed by atoms with Crippen molar-refractivity contribution in [2.75, 3.05) is 51.8 Å². The summed E-state index contributed by atoms with van der Waals surface area (Å²) in [5, 5.41) is 7.62. The van der Waals surface area contributed by atoms with Crippen molar-refractivity contribution < 1.29 is 19.1 Å². The first-order valence-corrected chi connectivity index (χ1v) is 11.0. The summed E-state index contributed by atoms with van der Waals surface area (Å²) in [6, 6.07) is 11.0. The van der Waals surface area contributed by atoms with Crippen molar-refractivity contribution in [2.24, 2.45) is 0 Å². The summed E-state index contributed by atoms with van der Waals surface area (Å²) in [5.41, 5.74) is 2.19. The molecule has 31 heavy (non-hydrogen) atoms. The van der Waals surface area contributed by atoms with Crippen molar-refractivity contribution in [3.8, 4) is 5.75 Å². The normalized spacial score (nSPS) is 19.6. The molecule has 2 aliphatic heterocycles. The summed E-state index contributed by atoms with van der Waals surface area (Å²) in [6.45, 7) is 3.78. The van der Waals surface area contributed by atoms with Crippen LogP contribution in [0.3, 0.4) is 0 Å². The van der Waals surface area contributed by atoms with E-state index in [1.165, 1.54) is 18.4 Å². The fraction of sp³-hybridized carbons (Fsp3) is 0.364. The molecule has 0 bridgehead atoms. The average molecular weight is 443 g/mol. The van der Waals surface area contributed by atoms with Crippen molar-refractivity contribution in [1.82, 2.24) is 15.5 Å². The molecule has 2 aliphatic rings. The Bertz CT molecular complexity index is 968. The van der Waals surface area contributed by atoms with Crippen LogP contribution in [-0.2, 0) is 9.53 Å². The van der Waals surface area contributed by atoms with Crippen LogP contribution < -0.4 is 20.3 Å².